The number of carbonyl (C=O) groups is 1. The molecular weight excluding hydrogens is 422 g/mol. The first-order chi connectivity index (χ1) is 14.4. The van der Waals surface area contributed by atoms with Crippen molar-refractivity contribution in [2.45, 2.75) is 55.1 Å². The second kappa shape index (κ2) is 9.71. The Labute approximate surface area is 185 Å². The summed E-state index contributed by atoms with van der Waals surface area (Å²) < 4.78 is 0.866. The summed E-state index contributed by atoms with van der Waals surface area (Å²) in [6.07, 6.45) is 9.43. The average molecular weight is 452 g/mol. The van der Waals surface area contributed by atoms with E-state index in [1.165, 1.54) is 11.8 Å². The highest BCUT2D eigenvalue weighted by Gasteiger charge is 2.53. The minimum absolute atomic E-state index is 0.0581. The number of carboxylic acid groups (broad SMARTS) is 1. The largest absolute Gasteiger partial charge is 0.477 e. The smallest absolute Gasteiger partial charge is 0.353 e. The number of aliphatic hydroxyl groups excluding tert-OH is 2. The molecule has 0 aromatic carbocycles. The van der Waals surface area contributed by atoms with Crippen LogP contribution >= 0.6 is 23.1 Å². The number of terminal acetylenes is 1. The van der Waals surface area contributed by atoms with E-state index in [0.717, 1.165) is 34.3 Å². The second-order valence-electron chi connectivity index (χ2n) is 8.05. The van der Waals surface area contributed by atoms with Gasteiger partial charge in [0.05, 0.1) is 18.4 Å². The first kappa shape index (κ1) is 23.1. The Morgan fingerprint density at radius 1 is 1.50 bits per heavy atom. The predicted octanol–water partition coefficient (Wildman–Crippen LogP) is 1.94. The van der Waals surface area contributed by atoms with Crippen molar-refractivity contribution in [3.05, 3.63) is 21.7 Å². The molecule has 0 amide bonds. The third kappa shape index (κ3) is 4.25. The highest BCUT2D eigenvalue weighted by atomic mass is 32.2. The number of thioether (sulfide) groups is 1. The summed E-state index contributed by atoms with van der Waals surface area (Å²) in [7, 11) is 0. The van der Waals surface area contributed by atoms with Crippen molar-refractivity contribution in [1.82, 2.24) is 15.2 Å². The molecule has 6 atom stereocenters. The van der Waals surface area contributed by atoms with Crippen molar-refractivity contribution in [3.8, 4) is 12.8 Å². The quantitative estimate of drug-likeness (QED) is 0.487. The van der Waals surface area contributed by atoms with Crippen molar-refractivity contribution in [2.75, 3.05) is 19.7 Å². The minimum Gasteiger partial charge on any atom is -0.477 e. The molecule has 4 heterocycles. The normalized spacial score (nSPS) is 31.4. The summed E-state index contributed by atoms with van der Waals surface area (Å²) in [5, 5.41) is 34.6. The maximum absolute atomic E-state index is 11.9. The molecule has 164 valence electrons. The summed E-state index contributed by atoms with van der Waals surface area (Å²) in [5.41, 5.74) is 1.42. The molecule has 1 aromatic rings. The van der Waals surface area contributed by atoms with Crippen LogP contribution in [0.3, 0.4) is 0 Å². The van der Waals surface area contributed by atoms with Gasteiger partial charge in [-0.15, -0.1) is 24.2 Å². The molecule has 7 nitrogen and oxygen atoms in total. The molecule has 4 rings (SSSR count). The number of aliphatic hydroxyl groups is 2. The van der Waals surface area contributed by atoms with Crippen molar-refractivity contribution in [3.63, 3.8) is 0 Å². The Hall–Kier alpha value is -1.57. The van der Waals surface area contributed by atoms with E-state index in [4.69, 9.17) is 4.98 Å². The fraction of sp³-hybridized carbons (Fsp3) is 0.619. The van der Waals surface area contributed by atoms with Gasteiger partial charge in [0.25, 0.3) is 0 Å². The van der Waals surface area contributed by atoms with Crippen LogP contribution in [0.15, 0.2) is 20.3 Å². The molecular formula is C21H29N3O4S2. The van der Waals surface area contributed by atoms with Crippen molar-refractivity contribution >= 4 is 29.1 Å². The van der Waals surface area contributed by atoms with Crippen molar-refractivity contribution < 1.29 is 20.1 Å². The van der Waals surface area contributed by atoms with E-state index < -0.39 is 12.1 Å². The predicted molar refractivity (Wildman–Crippen MR) is 118 cm³/mol. The number of fused-ring (bicyclic) bond motifs is 1. The van der Waals surface area contributed by atoms with Gasteiger partial charge in [-0.3, -0.25) is 0 Å². The van der Waals surface area contributed by atoms with Gasteiger partial charge in [-0.05, 0) is 26.3 Å². The molecule has 4 N–H and O–H groups in total. The van der Waals surface area contributed by atoms with E-state index in [-0.39, 0.29) is 30.5 Å². The molecule has 0 saturated carbocycles. The highest BCUT2D eigenvalue weighted by molar-refractivity contribution is 8.04. The first-order valence-corrected chi connectivity index (χ1v) is 11.8. The molecule has 0 radical (unpaired) electrons. The number of piperidine rings is 1. The molecule has 2 fully saturated rings. The minimum atomic E-state index is -0.901. The van der Waals surface area contributed by atoms with Gasteiger partial charge in [-0.25, -0.2) is 9.78 Å². The summed E-state index contributed by atoms with van der Waals surface area (Å²) in [5.74, 6) is -0.395. The maximum Gasteiger partial charge on any atom is 0.353 e. The van der Waals surface area contributed by atoms with Crippen LogP contribution in [0.5, 0.6) is 0 Å². The lowest BCUT2D eigenvalue weighted by Crippen LogP contribution is -2.59. The van der Waals surface area contributed by atoms with Crippen LogP contribution in [0.2, 0.25) is 0 Å². The van der Waals surface area contributed by atoms with E-state index in [2.05, 4.69) is 30.5 Å². The Morgan fingerprint density at radius 3 is 2.87 bits per heavy atom. The van der Waals surface area contributed by atoms with Gasteiger partial charge in [0.1, 0.15) is 5.70 Å². The van der Waals surface area contributed by atoms with E-state index in [1.807, 2.05) is 4.90 Å². The zero-order valence-electron chi connectivity index (χ0n) is 17.2. The van der Waals surface area contributed by atoms with Crippen LogP contribution in [0, 0.1) is 24.7 Å². The molecule has 3 aliphatic rings. The number of carboxylic acids is 1. The Bertz CT molecular complexity index is 822. The Balaban J connectivity index is 0.00000124. The Kier molecular flexibility index (Phi) is 7.47. The van der Waals surface area contributed by atoms with Crippen LogP contribution in [0.4, 0.5) is 0 Å². The van der Waals surface area contributed by atoms with Crippen LogP contribution in [0.25, 0.3) is 0 Å². The number of aliphatic carboxylic acids is 1. The van der Waals surface area contributed by atoms with Gasteiger partial charge in [0.2, 0.25) is 0 Å². The van der Waals surface area contributed by atoms with Gasteiger partial charge < -0.3 is 25.5 Å². The van der Waals surface area contributed by atoms with E-state index >= 15 is 0 Å². The second-order valence-corrected chi connectivity index (χ2v) is 10.2. The fourth-order valence-corrected chi connectivity index (χ4v) is 6.96. The molecule has 30 heavy (non-hydrogen) atoms. The van der Waals surface area contributed by atoms with Crippen LogP contribution in [0.1, 0.15) is 38.3 Å². The molecule has 9 heteroatoms. The van der Waals surface area contributed by atoms with E-state index in [1.54, 1.807) is 18.3 Å². The van der Waals surface area contributed by atoms with Gasteiger partial charge in [0.15, 0.2) is 4.34 Å². The Morgan fingerprint density at radius 2 is 2.23 bits per heavy atom. The van der Waals surface area contributed by atoms with Crippen LogP contribution in [-0.2, 0) is 4.79 Å². The maximum atomic E-state index is 11.9. The number of nitrogens with zero attached hydrogens (tertiary/aromatic N) is 2. The topological polar surface area (TPSA) is 106 Å². The van der Waals surface area contributed by atoms with Crippen molar-refractivity contribution in [2.24, 2.45) is 11.8 Å². The lowest BCUT2D eigenvalue weighted by atomic mass is 9.80. The van der Waals surface area contributed by atoms with Gasteiger partial charge in [-0.2, -0.15) is 0 Å². The van der Waals surface area contributed by atoms with Gasteiger partial charge in [-0.1, -0.05) is 18.7 Å². The molecule has 2 saturated heterocycles. The monoisotopic (exact) mass is 451 g/mol. The van der Waals surface area contributed by atoms with Crippen LogP contribution in [-0.4, -0.2) is 69.1 Å². The summed E-state index contributed by atoms with van der Waals surface area (Å²) in [6.45, 7) is 5.44. The van der Waals surface area contributed by atoms with Gasteiger partial charge in [0, 0.05) is 46.7 Å². The zero-order valence-corrected chi connectivity index (χ0v) is 18.8. The van der Waals surface area contributed by atoms with E-state index in [0.29, 0.717) is 18.2 Å². The number of hydrogen-bond acceptors (Lipinski definition) is 8. The standard InChI is InChI=1S/C19H27N3O4S2.C2H2/c1-9-15-13(10(2)24)6-22(15)16(18(25)26)17(9)28-19-21-14(8-27-19)11-3-4-20-12(5-11)7-23;1-2/h8-13,15,20,23-24H,3-7H2,1-2H3,(H,25,26);1-2H/t9-,10-,11?,12+,13-,15?;/m1./s1. The SMILES string of the molecule is C#C.C[C@H]1C(Sc2nc(C3CCN[C@H](CO)C3)cs2)=C(C(=O)O)N2C[C@H]([C@@H](C)O)C12. The molecule has 1 aromatic heterocycles. The number of rotatable bonds is 6. The first-order valence-electron chi connectivity index (χ1n) is 10.1. The molecule has 0 aliphatic carbocycles. The molecule has 0 bridgehead atoms. The summed E-state index contributed by atoms with van der Waals surface area (Å²) in [4.78, 5) is 19.5. The number of thiazole rings is 1. The van der Waals surface area contributed by atoms with Crippen molar-refractivity contribution in [1.29, 1.82) is 0 Å². The molecule has 0 spiro atoms. The third-order valence-electron chi connectivity index (χ3n) is 6.31. The van der Waals surface area contributed by atoms with E-state index in [9.17, 15) is 20.1 Å². The summed E-state index contributed by atoms with van der Waals surface area (Å²) >= 11 is 3.02. The van der Waals surface area contributed by atoms with Gasteiger partial charge >= 0.3 is 5.97 Å². The zero-order chi connectivity index (χ0) is 22.0. The lowest BCUT2D eigenvalue weighted by Gasteiger charge is -2.49. The third-order valence-corrected chi connectivity index (χ3v) is 8.55. The number of nitrogens with one attached hydrogen (secondary N) is 1. The summed E-state index contributed by atoms with van der Waals surface area (Å²) in [6, 6.07) is 0.177. The highest BCUT2D eigenvalue weighted by Crippen LogP contribution is 2.51. The number of hydrogen-bond donors (Lipinski definition) is 4. The average Bonchev–Trinajstić information content (AvgIpc) is 3.26. The van der Waals surface area contributed by atoms with Crippen LogP contribution < -0.4 is 5.32 Å². The lowest BCUT2D eigenvalue weighted by molar-refractivity contribution is -0.137. The molecule has 3 aliphatic heterocycles. The molecule has 2 unspecified atom stereocenters. The fourth-order valence-electron chi connectivity index (χ4n) is 4.76. The number of aromatic nitrogens is 1.